The second-order valence-electron chi connectivity index (χ2n) is 6.89. The van der Waals surface area contributed by atoms with Crippen LogP contribution >= 0.6 is 11.3 Å². The summed E-state index contributed by atoms with van der Waals surface area (Å²) in [5.41, 5.74) is 0.557. The van der Waals surface area contributed by atoms with Crippen LogP contribution in [0.3, 0.4) is 0 Å². The maximum atomic E-state index is 13.5. The van der Waals surface area contributed by atoms with E-state index in [1.54, 1.807) is 11.8 Å². The van der Waals surface area contributed by atoms with Crippen LogP contribution in [0.15, 0.2) is 36.4 Å². The molecule has 1 atom stereocenters. The molecule has 4 aromatic rings. The Labute approximate surface area is 174 Å². The highest BCUT2D eigenvalue weighted by molar-refractivity contribution is 7.21. The lowest BCUT2D eigenvalue weighted by Gasteiger charge is -2.33. The summed E-state index contributed by atoms with van der Waals surface area (Å²) in [6, 6.07) is 5.04. The number of amides is 1. The first kappa shape index (κ1) is 17.6. The Hall–Kier alpha value is -3.27. The molecule has 2 aromatic heterocycles. The van der Waals surface area contributed by atoms with Gasteiger partial charge in [0.25, 0.3) is 5.91 Å². The minimum Gasteiger partial charge on any atom is -0.327 e. The number of halogens is 3. The summed E-state index contributed by atoms with van der Waals surface area (Å²) in [4.78, 5) is 18.9. The van der Waals surface area contributed by atoms with Crippen molar-refractivity contribution in [1.29, 1.82) is 0 Å². The van der Waals surface area contributed by atoms with Gasteiger partial charge in [-0.3, -0.25) is 4.79 Å². The number of rotatable bonds is 2. The topological polar surface area (TPSA) is 63.9 Å². The van der Waals surface area contributed by atoms with Crippen molar-refractivity contribution < 1.29 is 19.3 Å². The quantitative estimate of drug-likeness (QED) is 0.478. The summed E-state index contributed by atoms with van der Waals surface area (Å²) in [5, 5.41) is 8.90. The van der Waals surface area contributed by atoms with Gasteiger partial charge in [-0.25, -0.2) is 18.2 Å². The predicted octanol–water partition coefficient (Wildman–Crippen LogP) is 4.19. The number of aromatic nitrogens is 4. The van der Waals surface area contributed by atoms with Crippen LogP contribution in [0.25, 0.3) is 21.0 Å². The molecule has 30 heavy (non-hydrogen) atoms. The maximum absolute atomic E-state index is 13.5. The van der Waals surface area contributed by atoms with Gasteiger partial charge in [0.1, 0.15) is 5.82 Å². The highest BCUT2D eigenvalue weighted by Crippen LogP contribution is 2.34. The van der Waals surface area contributed by atoms with Crippen molar-refractivity contribution in [3.63, 3.8) is 0 Å². The predicted molar refractivity (Wildman–Crippen MR) is 104 cm³/mol. The minimum atomic E-state index is -0.966. The molecule has 0 fully saturated rings. The molecule has 0 N–H and O–H groups in total. The molecular weight excluding hydrogens is 415 g/mol. The summed E-state index contributed by atoms with van der Waals surface area (Å²) in [6.45, 7) is 2.54. The van der Waals surface area contributed by atoms with Gasteiger partial charge in [-0.15, -0.1) is 21.5 Å². The van der Waals surface area contributed by atoms with Crippen molar-refractivity contribution in [2.45, 2.75) is 19.5 Å². The second-order valence-corrected chi connectivity index (χ2v) is 7.92. The Morgan fingerprint density at radius 3 is 2.77 bits per heavy atom. The van der Waals surface area contributed by atoms with E-state index in [0.717, 1.165) is 18.2 Å². The number of nitrogens with zero attached hydrogens (tertiary/aromatic N) is 5. The van der Waals surface area contributed by atoms with Crippen molar-refractivity contribution >= 4 is 27.5 Å². The first-order chi connectivity index (χ1) is 14.8. The molecule has 0 bridgehead atoms. The smallest absolute Gasteiger partial charge is 0.254 e. The van der Waals surface area contributed by atoms with Crippen LogP contribution in [0, 0.1) is 17.5 Å². The minimum absolute atomic E-state index is 0.224. The Balaban J connectivity index is 1.47. The second kappa shape index (κ2) is 6.91. The van der Waals surface area contributed by atoms with Gasteiger partial charge < -0.3 is 9.47 Å². The molecule has 2 aromatic carbocycles. The fourth-order valence-corrected chi connectivity index (χ4v) is 4.51. The van der Waals surface area contributed by atoms with Gasteiger partial charge in [0.05, 0.1) is 17.6 Å². The molecule has 1 aliphatic rings. The van der Waals surface area contributed by atoms with Gasteiger partial charge in [-0.05, 0) is 37.2 Å². The third-order valence-corrected chi connectivity index (χ3v) is 6.10. The molecule has 1 amide bonds. The van der Waals surface area contributed by atoms with Gasteiger partial charge >= 0.3 is 0 Å². The Kier molecular flexibility index (Phi) is 4.05. The van der Waals surface area contributed by atoms with E-state index in [4.69, 9.17) is 1.37 Å². The Morgan fingerprint density at radius 2 is 1.97 bits per heavy atom. The van der Waals surface area contributed by atoms with Gasteiger partial charge in [-0.1, -0.05) is 0 Å². The van der Waals surface area contributed by atoms with Crippen LogP contribution in [0.4, 0.5) is 13.2 Å². The molecule has 6 nitrogen and oxygen atoms in total. The lowest BCUT2D eigenvalue weighted by molar-refractivity contribution is 0.0638. The fraction of sp³-hybridized carbons (Fsp3) is 0.200. The van der Waals surface area contributed by atoms with Crippen molar-refractivity contribution in [2.24, 2.45) is 0 Å². The molecule has 0 saturated carbocycles. The van der Waals surface area contributed by atoms with Gasteiger partial charge in [0, 0.05) is 24.7 Å². The van der Waals surface area contributed by atoms with E-state index < -0.39 is 23.5 Å². The zero-order chi connectivity index (χ0) is 21.9. The summed E-state index contributed by atoms with van der Waals surface area (Å²) in [5.74, 6) is -1.92. The third-order valence-electron chi connectivity index (χ3n) is 5.09. The number of benzene rings is 2. The standard InChI is InChI=1S/C20H14F3N5OS/c1-10-17-25-26-18(19-24-15-8-13(22)14(23)9-16(15)30-19)28(17)7-6-27(10)20(29)11-2-4-12(21)5-3-11/h2-5,8-10H,6-7H2,1H3/t10-/m1/s1/i4D. The molecular formula is C20H14F3N5OS. The molecule has 0 aliphatic carbocycles. The third kappa shape index (κ3) is 2.95. The van der Waals surface area contributed by atoms with Crippen molar-refractivity contribution in [3.05, 3.63) is 65.2 Å². The fourth-order valence-electron chi connectivity index (χ4n) is 3.54. The summed E-state index contributed by atoms with van der Waals surface area (Å²) in [7, 11) is 0. The zero-order valence-corrected chi connectivity index (χ0v) is 16.4. The molecule has 0 spiro atoms. The van der Waals surface area contributed by atoms with E-state index in [1.807, 2.05) is 4.57 Å². The average molecular weight is 430 g/mol. The number of fused-ring (bicyclic) bond motifs is 2. The van der Waals surface area contributed by atoms with Crippen LogP contribution in [0.2, 0.25) is 0 Å². The summed E-state index contributed by atoms with van der Waals surface area (Å²) in [6.07, 6.45) is 0. The largest absolute Gasteiger partial charge is 0.327 e. The van der Waals surface area contributed by atoms with E-state index in [-0.39, 0.29) is 17.5 Å². The first-order valence-corrected chi connectivity index (χ1v) is 9.91. The molecule has 3 heterocycles. The van der Waals surface area contributed by atoms with E-state index in [1.165, 1.54) is 23.5 Å². The number of carbonyl (C=O) groups is 1. The summed E-state index contributed by atoms with van der Waals surface area (Å²) >= 11 is 1.18. The zero-order valence-electron chi connectivity index (χ0n) is 16.6. The Morgan fingerprint density at radius 1 is 1.17 bits per heavy atom. The van der Waals surface area contributed by atoms with Crippen LogP contribution in [0.5, 0.6) is 0 Å². The highest BCUT2D eigenvalue weighted by Gasteiger charge is 2.32. The van der Waals surface area contributed by atoms with Crippen molar-refractivity contribution in [1.82, 2.24) is 24.6 Å². The van der Waals surface area contributed by atoms with Gasteiger partial charge in [0.2, 0.25) is 0 Å². The number of thiazole rings is 1. The molecule has 0 radical (unpaired) electrons. The van der Waals surface area contributed by atoms with Crippen molar-refractivity contribution in [3.8, 4) is 10.8 Å². The molecule has 1 aliphatic heterocycles. The highest BCUT2D eigenvalue weighted by atomic mass is 32.1. The van der Waals surface area contributed by atoms with Crippen molar-refractivity contribution in [2.75, 3.05) is 6.54 Å². The number of hydrogen-bond acceptors (Lipinski definition) is 5. The summed E-state index contributed by atoms with van der Waals surface area (Å²) < 4.78 is 50.3. The molecule has 5 rings (SSSR count). The van der Waals surface area contributed by atoms with Crippen LogP contribution < -0.4 is 0 Å². The van der Waals surface area contributed by atoms with E-state index >= 15 is 0 Å². The normalized spacial score (nSPS) is 16.6. The number of hydrogen-bond donors (Lipinski definition) is 0. The lowest BCUT2D eigenvalue weighted by Crippen LogP contribution is -2.41. The van der Waals surface area contributed by atoms with Crippen LogP contribution in [-0.2, 0) is 6.54 Å². The SMILES string of the molecule is [2H]c1cc(C(=O)N2CCn3c(-c4nc5cc(F)c(F)cc5s4)nnc3[C@H]2C)ccc1F. The van der Waals surface area contributed by atoms with E-state index in [9.17, 15) is 18.0 Å². The van der Waals surface area contributed by atoms with E-state index in [2.05, 4.69) is 15.2 Å². The van der Waals surface area contributed by atoms with Gasteiger partial charge in [-0.2, -0.15) is 0 Å². The van der Waals surface area contributed by atoms with E-state index in [0.29, 0.717) is 40.0 Å². The molecule has 10 heteroatoms. The molecule has 0 unspecified atom stereocenters. The first-order valence-electron chi connectivity index (χ1n) is 9.59. The molecule has 0 saturated heterocycles. The molecule has 152 valence electrons. The Bertz CT molecular complexity index is 1320. The van der Waals surface area contributed by atoms with Crippen LogP contribution in [0.1, 0.15) is 30.5 Å². The lowest BCUT2D eigenvalue weighted by atomic mass is 10.1. The van der Waals surface area contributed by atoms with Gasteiger partial charge in [0.15, 0.2) is 28.3 Å². The average Bonchev–Trinajstić information content (AvgIpc) is 3.34. The maximum Gasteiger partial charge on any atom is 0.254 e. The number of carbonyl (C=O) groups excluding carboxylic acids is 1. The van der Waals surface area contributed by atoms with Crippen LogP contribution in [-0.4, -0.2) is 37.1 Å². The monoisotopic (exact) mass is 430 g/mol.